The molecule has 1 atom stereocenters. The van der Waals surface area contributed by atoms with Gasteiger partial charge in [-0.15, -0.1) is 11.8 Å². The van der Waals surface area contributed by atoms with E-state index in [9.17, 15) is 9.18 Å². The predicted octanol–water partition coefficient (Wildman–Crippen LogP) is 4.91. The number of amides is 1. The van der Waals surface area contributed by atoms with Crippen LogP contribution in [0.1, 0.15) is 24.0 Å². The maximum atomic E-state index is 14.0. The first-order valence-electron chi connectivity index (χ1n) is 9.65. The Morgan fingerprint density at radius 3 is 2.82 bits per heavy atom. The molecule has 0 radical (unpaired) electrons. The lowest BCUT2D eigenvalue weighted by Gasteiger charge is -2.32. The molecule has 1 fully saturated rings. The predicted molar refractivity (Wildman–Crippen MR) is 114 cm³/mol. The minimum Gasteiger partial charge on any atom is -0.355 e. The number of halogens is 2. The first-order chi connectivity index (χ1) is 13.5. The van der Waals surface area contributed by atoms with E-state index < -0.39 is 0 Å². The third kappa shape index (κ3) is 5.97. The number of hydrogen-bond donors (Lipinski definition) is 1. The number of nitrogens with one attached hydrogen (secondary N) is 1. The number of hydrogen-bond acceptors (Lipinski definition) is 3. The largest absolute Gasteiger partial charge is 0.355 e. The van der Waals surface area contributed by atoms with Crippen LogP contribution in [0.3, 0.4) is 0 Å². The van der Waals surface area contributed by atoms with E-state index in [1.54, 1.807) is 23.9 Å². The fraction of sp³-hybridized carbons (Fsp3) is 0.409. The Labute approximate surface area is 175 Å². The SMILES string of the molecule is Cc1ccc(SCCNC(=O)C2CCCN(Cc3c(F)cccc3Cl)C2)cc1. The van der Waals surface area contributed by atoms with Crippen LogP contribution < -0.4 is 5.32 Å². The van der Waals surface area contributed by atoms with E-state index in [4.69, 9.17) is 11.6 Å². The molecule has 1 N–H and O–H groups in total. The van der Waals surface area contributed by atoms with Gasteiger partial charge in [0, 0.05) is 40.9 Å². The number of carbonyl (C=O) groups excluding carboxylic acids is 1. The highest BCUT2D eigenvalue weighted by Crippen LogP contribution is 2.24. The molecule has 6 heteroatoms. The zero-order valence-corrected chi connectivity index (χ0v) is 17.7. The van der Waals surface area contributed by atoms with Crippen molar-refractivity contribution in [2.24, 2.45) is 5.92 Å². The first-order valence-corrected chi connectivity index (χ1v) is 11.0. The van der Waals surface area contributed by atoms with Gasteiger partial charge in [-0.1, -0.05) is 35.4 Å². The molecule has 2 aromatic carbocycles. The second kappa shape index (κ2) is 10.3. The molecule has 150 valence electrons. The summed E-state index contributed by atoms with van der Waals surface area (Å²) < 4.78 is 14.0. The van der Waals surface area contributed by atoms with Crippen LogP contribution in [0.5, 0.6) is 0 Å². The van der Waals surface area contributed by atoms with Crippen LogP contribution in [0.2, 0.25) is 5.02 Å². The number of nitrogens with zero attached hydrogens (tertiary/aromatic N) is 1. The Bertz CT molecular complexity index is 779. The van der Waals surface area contributed by atoms with Gasteiger partial charge in [-0.3, -0.25) is 9.69 Å². The lowest BCUT2D eigenvalue weighted by atomic mass is 9.96. The fourth-order valence-corrected chi connectivity index (χ4v) is 4.43. The summed E-state index contributed by atoms with van der Waals surface area (Å²) in [5.41, 5.74) is 1.76. The van der Waals surface area contributed by atoms with Gasteiger partial charge in [-0.25, -0.2) is 4.39 Å². The molecule has 2 aromatic rings. The summed E-state index contributed by atoms with van der Waals surface area (Å²) in [5, 5.41) is 3.50. The van der Waals surface area contributed by atoms with Crippen molar-refractivity contribution in [3.63, 3.8) is 0 Å². The zero-order chi connectivity index (χ0) is 19.9. The van der Waals surface area contributed by atoms with Gasteiger partial charge in [0.05, 0.1) is 5.92 Å². The molecule has 0 saturated carbocycles. The number of benzene rings is 2. The van der Waals surface area contributed by atoms with Gasteiger partial charge in [-0.05, 0) is 50.6 Å². The van der Waals surface area contributed by atoms with Crippen molar-refractivity contribution in [2.45, 2.75) is 31.2 Å². The Hall–Kier alpha value is -1.56. The lowest BCUT2D eigenvalue weighted by molar-refractivity contribution is -0.126. The van der Waals surface area contributed by atoms with E-state index in [1.807, 2.05) is 0 Å². The molecule has 1 saturated heterocycles. The van der Waals surface area contributed by atoms with Crippen LogP contribution in [0.4, 0.5) is 4.39 Å². The minimum absolute atomic E-state index is 0.0522. The van der Waals surface area contributed by atoms with Crippen molar-refractivity contribution < 1.29 is 9.18 Å². The van der Waals surface area contributed by atoms with Gasteiger partial charge in [0.1, 0.15) is 5.82 Å². The van der Waals surface area contributed by atoms with Crippen molar-refractivity contribution in [1.29, 1.82) is 0 Å². The highest BCUT2D eigenvalue weighted by molar-refractivity contribution is 7.99. The van der Waals surface area contributed by atoms with E-state index in [0.717, 1.165) is 25.1 Å². The Kier molecular flexibility index (Phi) is 7.77. The van der Waals surface area contributed by atoms with Crippen molar-refractivity contribution in [2.75, 3.05) is 25.4 Å². The summed E-state index contributed by atoms with van der Waals surface area (Å²) in [4.78, 5) is 15.9. The van der Waals surface area contributed by atoms with E-state index in [1.165, 1.54) is 16.5 Å². The van der Waals surface area contributed by atoms with E-state index in [-0.39, 0.29) is 17.6 Å². The van der Waals surface area contributed by atoms with Gasteiger partial charge in [0.2, 0.25) is 5.91 Å². The van der Waals surface area contributed by atoms with Crippen LogP contribution in [0, 0.1) is 18.7 Å². The zero-order valence-electron chi connectivity index (χ0n) is 16.1. The molecule has 1 amide bonds. The van der Waals surface area contributed by atoms with Gasteiger partial charge < -0.3 is 5.32 Å². The second-order valence-corrected chi connectivity index (χ2v) is 8.80. The van der Waals surface area contributed by atoms with Gasteiger partial charge in [-0.2, -0.15) is 0 Å². The number of carbonyl (C=O) groups is 1. The van der Waals surface area contributed by atoms with Crippen molar-refractivity contribution in [3.8, 4) is 0 Å². The molecule has 28 heavy (non-hydrogen) atoms. The summed E-state index contributed by atoms with van der Waals surface area (Å²) in [6.07, 6.45) is 1.81. The molecule has 1 unspecified atom stereocenters. The van der Waals surface area contributed by atoms with E-state index in [0.29, 0.717) is 30.2 Å². The molecular formula is C22H26ClFN2OS. The third-order valence-corrected chi connectivity index (χ3v) is 6.38. The molecule has 1 aliphatic heterocycles. The molecule has 0 spiro atoms. The van der Waals surface area contributed by atoms with E-state index in [2.05, 4.69) is 41.4 Å². The van der Waals surface area contributed by atoms with Crippen LogP contribution in [-0.2, 0) is 11.3 Å². The molecular weight excluding hydrogens is 395 g/mol. The number of thioether (sulfide) groups is 1. The monoisotopic (exact) mass is 420 g/mol. The average Bonchev–Trinajstić information content (AvgIpc) is 2.69. The molecule has 3 rings (SSSR count). The maximum absolute atomic E-state index is 14.0. The summed E-state index contributed by atoms with van der Waals surface area (Å²) in [6.45, 7) is 4.66. The second-order valence-electron chi connectivity index (χ2n) is 7.23. The molecule has 1 aliphatic rings. The highest BCUT2D eigenvalue weighted by Gasteiger charge is 2.26. The van der Waals surface area contributed by atoms with Gasteiger partial charge >= 0.3 is 0 Å². The third-order valence-electron chi connectivity index (χ3n) is 5.01. The highest BCUT2D eigenvalue weighted by atomic mass is 35.5. The first kappa shape index (κ1) is 21.2. The van der Waals surface area contributed by atoms with E-state index >= 15 is 0 Å². The fourth-order valence-electron chi connectivity index (χ4n) is 3.44. The summed E-state index contributed by atoms with van der Waals surface area (Å²) in [7, 11) is 0. The molecule has 0 bridgehead atoms. The normalized spacial score (nSPS) is 17.5. The number of piperidine rings is 1. The molecule has 0 aromatic heterocycles. The topological polar surface area (TPSA) is 32.3 Å². The van der Waals surface area contributed by atoms with Gasteiger partial charge in [0.15, 0.2) is 0 Å². The van der Waals surface area contributed by atoms with Crippen LogP contribution in [0.25, 0.3) is 0 Å². The number of likely N-dealkylation sites (tertiary alicyclic amines) is 1. The Morgan fingerprint density at radius 1 is 1.29 bits per heavy atom. The minimum atomic E-state index is -0.285. The standard InChI is InChI=1S/C22H26ClFN2OS/c1-16-7-9-18(10-8-16)28-13-11-25-22(27)17-4-3-12-26(14-17)15-19-20(23)5-2-6-21(19)24/h2,5-10,17H,3-4,11-15H2,1H3,(H,25,27). The van der Waals surface area contributed by atoms with Crippen LogP contribution in [0.15, 0.2) is 47.4 Å². The Balaban J connectivity index is 1.44. The van der Waals surface area contributed by atoms with Gasteiger partial charge in [0.25, 0.3) is 0 Å². The molecule has 3 nitrogen and oxygen atoms in total. The Morgan fingerprint density at radius 2 is 2.07 bits per heavy atom. The maximum Gasteiger partial charge on any atom is 0.224 e. The quantitative estimate of drug-likeness (QED) is 0.510. The van der Waals surface area contributed by atoms with Crippen molar-refractivity contribution in [1.82, 2.24) is 10.2 Å². The van der Waals surface area contributed by atoms with Crippen molar-refractivity contribution >= 4 is 29.3 Å². The van der Waals surface area contributed by atoms with Crippen LogP contribution in [-0.4, -0.2) is 36.2 Å². The number of aryl methyl sites for hydroxylation is 1. The molecule has 1 heterocycles. The average molecular weight is 421 g/mol. The summed E-state index contributed by atoms with van der Waals surface area (Å²) >= 11 is 7.88. The lowest BCUT2D eigenvalue weighted by Crippen LogP contribution is -2.43. The summed E-state index contributed by atoms with van der Waals surface area (Å²) in [6, 6.07) is 13.2. The number of rotatable bonds is 7. The van der Waals surface area contributed by atoms with Crippen LogP contribution >= 0.6 is 23.4 Å². The smallest absolute Gasteiger partial charge is 0.224 e. The molecule has 0 aliphatic carbocycles. The summed E-state index contributed by atoms with van der Waals surface area (Å²) in [5.74, 6) is 0.598. The van der Waals surface area contributed by atoms with Crippen molar-refractivity contribution in [3.05, 3.63) is 64.4 Å².